The molecule has 2 heterocycles. The molecule has 1 aromatic rings. The van der Waals surface area contributed by atoms with Gasteiger partial charge in [-0.05, 0) is 36.8 Å². The van der Waals surface area contributed by atoms with Crippen molar-refractivity contribution in [1.29, 1.82) is 0 Å². The number of carbonyl (C=O) groups is 4. The molecule has 0 saturated carbocycles. The Balaban J connectivity index is 1.73. The standard InChI is InChI=1S/C19H19N5O4S/c1-10-8-21-17-14(18(27)24(3)19(28)23(17)2)15(10)29-9-13(25)22-12-6-4-11(5-7-12)16(20)26/h4-8,14H,9H2,1-3H3,(H2-,20,22,25,26)/p+1. The number of hydrogen-bond donors (Lipinski definition) is 2. The molecule has 0 aliphatic carbocycles. The lowest BCUT2D eigenvalue weighted by Crippen LogP contribution is -2.52. The van der Waals surface area contributed by atoms with Gasteiger partial charge in [0.1, 0.15) is 6.21 Å². The predicted molar refractivity (Wildman–Crippen MR) is 110 cm³/mol. The summed E-state index contributed by atoms with van der Waals surface area (Å²) in [5.74, 6) is -1.47. The number of primary amides is 1. The van der Waals surface area contributed by atoms with Gasteiger partial charge in [0, 0.05) is 16.2 Å². The van der Waals surface area contributed by atoms with Gasteiger partial charge in [-0.25, -0.2) is 4.79 Å². The van der Waals surface area contributed by atoms with Crippen molar-refractivity contribution in [3.8, 4) is 0 Å². The number of urea groups is 1. The first-order valence-electron chi connectivity index (χ1n) is 8.70. The molecule has 9 nitrogen and oxygen atoms in total. The molecule has 0 aromatic heterocycles. The molecular formula is C19H20N5O4S+. The van der Waals surface area contributed by atoms with Crippen molar-refractivity contribution in [2.24, 2.45) is 16.6 Å². The predicted octanol–water partition coefficient (Wildman–Crippen LogP) is 1.06. The lowest BCUT2D eigenvalue weighted by molar-refractivity contribution is -0.407. The van der Waals surface area contributed by atoms with Gasteiger partial charge in [0.25, 0.3) is 5.84 Å². The zero-order valence-corrected chi connectivity index (χ0v) is 16.9. The number of allylic oxidation sites excluding steroid dienone is 1. The summed E-state index contributed by atoms with van der Waals surface area (Å²) in [4.78, 5) is 54.3. The molecule has 3 rings (SSSR count). The second-order valence-corrected chi connectivity index (χ2v) is 7.63. The molecule has 1 aromatic carbocycles. The third-order valence-electron chi connectivity index (χ3n) is 4.61. The number of hydrogen-bond acceptors (Lipinski definition) is 6. The molecule has 3 N–H and O–H groups in total. The Labute approximate surface area is 171 Å². The van der Waals surface area contributed by atoms with E-state index in [0.717, 1.165) is 10.5 Å². The number of dihydropyridines is 1. The van der Waals surface area contributed by atoms with E-state index in [2.05, 4.69) is 10.3 Å². The number of nitrogens with zero attached hydrogens (tertiary/aromatic N) is 3. The minimum atomic E-state index is -0.708. The number of anilines is 1. The third kappa shape index (κ3) is 3.97. The molecule has 0 spiro atoms. The molecule has 0 bridgehead atoms. The van der Waals surface area contributed by atoms with Crippen LogP contribution >= 0.6 is 11.8 Å². The topological polar surface area (TPSA) is 125 Å². The van der Waals surface area contributed by atoms with Crippen LogP contribution in [-0.4, -0.2) is 65.1 Å². The fourth-order valence-corrected chi connectivity index (χ4v) is 4.03. The van der Waals surface area contributed by atoms with E-state index in [-0.39, 0.29) is 17.6 Å². The highest BCUT2D eigenvalue weighted by molar-refractivity contribution is 8.03. The Morgan fingerprint density at radius 1 is 1.28 bits per heavy atom. The zero-order chi connectivity index (χ0) is 21.3. The number of carbonyl (C=O) groups excluding carboxylic acids is 4. The quantitative estimate of drug-likeness (QED) is 0.697. The number of amides is 5. The minimum absolute atomic E-state index is 0.0660. The number of nitrogens with two attached hydrogens (primary N) is 1. The van der Waals surface area contributed by atoms with E-state index in [1.165, 1.54) is 35.5 Å². The van der Waals surface area contributed by atoms with Gasteiger partial charge < -0.3 is 11.1 Å². The summed E-state index contributed by atoms with van der Waals surface area (Å²) >= 11 is 1.23. The van der Waals surface area contributed by atoms with E-state index in [9.17, 15) is 19.2 Å². The summed E-state index contributed by atoms with van der Waals surface area (Å²) in [6.45, 7) is 1.81. The van der Waals surface area contributed by atoms with E-state index in [0.29, 0.717) is 22.0 Å². The van der Waals surface area contributed by atoms with Crippen LogP contribution in [0.25, 0.3) is 0 Å². The molecule has 0 fully saturated rings. The molecule has 2 aliphatic heterocycles. The smallest absolute Gasteiger partial charge is 0.366 e. The molecule has 29 heavy (non-hydrogen) atoms. The first kappa shape index (κ1) is 20.5. The lowest BCUT2D eigenvalue weighted by atomic mass is 9.99. The van der Waals surface area contributed by atoms with Crippen LogP contribution in [0.15, 0.2) is 39.7 Å². The van der Waals surface area contributed by atoms with Crippen LogP contribution in [0.1, 0.15) is 17.3 Å². The second-order valence-electron chi connectivity index (χ2n) is 6.61. The van der Waals surface area contributed by atoms with E-state index < -0.39 is 17.9 Å². The van der Waals surface area contributed by atoms with Crippen molar-refractivity contribution in [3.63, 3.8) is 0 Å². The van der Waals surface area contributed by atoms with Crippen molar-refractivity contribution in [2.75, 3.05) is 25.2 Å². The monoisotopic (exact) mass is 414 g/mol. The summed E-state index contributed by atoms with van der Waals surface area (Å²) in [6.07, 6.45) is 1.59. The Bertz CT molecular complexity index is 1010. The number of imide groups is 1. The molecule has 5 amide bonds. The average Bonchev–Trinajstić information content (AvgIpc) is 2.69. The number of nitrogens with one attached hydrogen (secondary N) is 1. The summed E-state index contributed by atoms with van der Waals surface area (Å²) in [5, 5.41) is 2.74. The van der Waals surface area contributed by atoms with Gasteiger partial charge >= 0.3 is 11.9 Å². The van der Waals surface area contributed by atoms with Crippen LogP contribution in [0.5, 0.6) is 0 Å². The fraction of sp³-hybridized carbons (Fsp3) is 0.263. The van der Waals surface area contributed by atoms with E-state index >= 15 is 0 Å². The van der Waals surface area contributed by atoms with Gasteiger partial charge in [-0.1, -0.05) is 0 Å². The van der Waals surface area contributed by atoms with Crippen LogP contribution in [0, 0.1) is 5.92 Å². The first-order valence-corrected chi connectivity index (χ1v) is 9.68. The molecule has 10 heteroatoms. The van der Waals surface area contributed by atoms with Crippen molar-refractivity contribution in [3.05, 3.63) is 40.3 Å². The van der Waals surface area contributed by atoms with Crippen LogP contribution in [0.2, 0.25) is 0 Å². The summed E-state index contributed by atoms with van der Waals surface area (Å²) < 4.78 is 1.34. The minimum Gasteiger partial charge on any atom is -0.366 e. The van der Waals surface area contributed by atoms with Crippen LogP contribution < -0.4 is 11.1 Å². The number of fused-ring (bicyclic) bond motifs is 1. The first-order chi connectivity index (χ1) is 13.7. The molecular weight excluding hydrogens is 394 g/mol. The van der Waals surface area contributed by atoms with Crippen LogP contribution in [0.3, 0.4) is 0 Å². The fourth-order valence-electron chi connectivity index (χ4n) is 3.02. The number of thioether (sulfide) groups is 1. The van der Waals surface area contributed by atoms with Gasteiger partial charge in [0.15, 0.2) is 5.92 Å². The molecule has 1 atom stereocenters. The Hall–Kier alpha value is -3.27. The Morgan fingerprint density at radius 2 is 1.93 bits per heavy atom. The molecule has 2 aliphatic rings. The summed E-state index contributed by atoms with van der Waals surface area (Å²) in [7, 11) is 2.99. The van der Waals surface area contributed by atoms with E-state index in [1.54, 1.807) is 25.4 Å². The molecule has 150 valence electrons. The maximum atomic E-state index is 12.7. The third-order valence-corrected chi connectivity index (χ3v) is 5.88. The second kappa shape index (κ2) is 8.00. The number of aliphatic imine (C=N–C) groups is 1. The van der Waals surface area contributed by atoms with E-state index in [1.807, 2.05) is 6.92 Å². The molecule has 1 unspecified atom stereocenters. The number of rotatable bonds is 5. The Morgan fingerprint density at radius 3 is 2.55 bits per heavy atom. The maximum absolute atomic E-state index is 12.7. The Kier molecular flexibility index (Phi) is 5.64. The average molecular weight is 414 g/mol. The van der Waals surface area contributed by atoms with Crippen LogP contribution in [0.4, 0.5) is 10.5 Å². The highest BCUT2D eigenvalue weighted by atomic mass is 32.2. The SMILES string of the molecule is CC1=C(SCC(=O)Nc2ccc(C(N)=O)cc2)C2C(=O)N(C)C(=O)[N+](C)=C2N=C1. The van der Waals surface area contributed by atoms with Gasteiger partial charge in [0.05, 0.1) is 19.8 Å². The number of benzene rings is 1. The van der Waals surface area contributed by atoms with Gasteiger partial charge in [-0.2, -0.15) is 9.48 Å². The highest BCUT2D eigenvalue weighted by Crippen LogP contribution is 2.34. The summed E-state index contributed by atoms with van der Waals surface area (Å²) in [5.41, 5.74) is 6.85. The lowest BCUT2D eigenvalue weighted by Gasteiger charge is -2.27. The van der Waals surface area contributed by atoms with Gasteiger partial charge in [-0.15, -0.1) is 16.8 Å². The van der Waals surface area contributed by atoms with E-state index in [4.69, 9.17) is 5.73 Å². The van der Waals surface area contributed by atoms with Gasteiger partial charge in [0.2, 0.25) is 11.8 Å². The molecule has 0 saturated heterocycles. The van der Waals surface area contributed by atoms with Crippen molar-refractivity contribution >= 4 is 53.3 Å². The molecule has 0 radical (unpaired) electrons. The van der Waals surface area contributed by atoms with Crippen molar-refractivity contribution in [1.82, 2.24) is 4.90 Å². The largest absolute Gasteiger partial charge is 0.445 e. The normalized spacial score (nSPS) is 18.9. The highest BCUT2D eigenvalue weighted by Gasteiger charge is 2.47. The van der Waals surface area contributed by atoms with Gasteiger partial charge in [-0.3, -0.25) is 14.4 Å². The number of amidine groups is 1. The van der Waals surface area contributed by atoms with Crippen LogP contribution in [-0.2, 0) is 9.59 Å². The van der Waals surface area contributed by atoms with Crippen molar-refractivity contribution < 1.29 is 23.8 Å². The van der Waals surface area contributed by atoms with Crippen molar-refractivity contribution in [2.45, 2.75) is 6.92 Å². The maximum Gasteiger partial charge on any atom is 0.445 e. The summed E-state index contributed by atoms with van der Waals surface area (Å²) in [6, 6.07) is 5.79. The zero-order valence-electron chi connectivity index (χ0n) is 16.1.